The van der Waals surface area contributed by atoms with E-state index in [4.69, 9.17) is 18.9 Å². The van der Waals surface area contributed by atoms with Gasteiger partial charge in [-0.1, -0.05) is 12.2 Å². The van der Waals surface area contributed by atoms with E-state index in [1.807, 2.05) is 13.8 Å². The van der Waals surface area contributed by atoms with E-state index in [0.29, 0.717) is 0 Å². The molecule has 5 nitrogen and oxygen atoms in total. The van der Waals surface area contributed by atoms with E-state index < -0.39 is 23.8 Å². The first kappa shape index (κ1) is 12.6. The smallest absolute Gasteiger partial charge is 0.184 e. The van der Waals surface area contributed by atoms with Gasteiger partial charge in [0.15, 0.2) is 12.1 Å². The van der Waals surface area contributed by atoms with Gasteiger partial charge in [0.2, 0.25) is 0 Å². The molecule has 1 unspecified atom stereocenters. The van der Waals surface area contributed by atoms with E-state index >= 15 is 0 Å². The highest BCUT2D eigenvalue weighted by atomic mass is 16.8. The van der Waals surface area contributed by atoms with E-state index in [1.165, 1.54) is 0 Å². The zero-order valence-corrected chi connectivity index (χ0v) is 11.0. The minimum Gasteiger partial charge on any atom is -0.376 e. The Hall–Kier alpha value is -0.460. The van der Waals surface area contributed by atoms with Crippen molar-refractivity contribution in [2.24, 2.45) is 0 Å². The van der Waals surface area contributed by atoms with Crippen molar-refractivity contribution < 1.29 is 24.1 Å². The Morgan fingerprint density at radius 1 is 1.11 bits per heavy atom. The van der Waals surface area contributed by atoms with Crippen LogP contribution >= 0.6 is 0 Å². The molecule has 0 bridgehead atoms. The zero-order valence-electron chi connectivity index (χ0n) is 11.0. The molecule has 2 fully saturated rings. The third-order valence-corrected chi connectivity index (χ3v) is 3.96. The summed E-state index contributed by atoms with van der Waals surface area (Å²) in [5, 5.41) is 10.1. The highest BCUT2D eigenvalue weighted by molar-refractivity contribution is 5.14. The fourth-order valence-corrected chi connectivity index (χ4v) is 3.27. The van der Waals surface area contributed by atoms with Gasteiger partial charge in [-0.3, -0.25) is 0 Å². The molecule has 2 heterocycles. The molecule has 1 N–H and O–H groups in total. The number of rotatable bonds is 1. The van der Waals surface area contributed by atoms with Crippen molar-refractivity contribution >= 4 is 0 Å². The minimum atomic E-state index is -0.969. The molecule has 0 saturated carbocycles. The Kier molecular flexibility index (Phi) is 2.80. The summed E-state index contributed by atoms with van der Waals surface area (Å²) in [5.41, 5.74) is -0.515. The lowest BCUT2D eigenvalue weighted by molar-refractivity contribution is -0.299. The number of fused-ring (bicyclic) bond motifs is 1. The van der Waals surface area contributed by atoms with Gasteiger partial charge in [0.05, 0.1) is 0 Å². The quantitative estimate of drug-likeness (QED) is 0.708. The van der Waals surface area contributed by atoms with Crippen LogP contribution in [0.1, 0.15) is 26.7 Å². The molecule has 2 aliphatic heterocycles. The molecule has 4 atom stereocenters. The summed E-state index contributed by atoms with van der Waals surface area (Å²) in [6, 6.07) is 0. The van der Waals surface area contributed by atoms with E-state index in [9.17, 15) is 5.11 Å². The second-order valence-electron chi connectivity index (χ2n) is 5.67. The molecule has 102 valence electrons. The lowest BCUT2D eigenvalue weighted by Gasteiger charge is -2.46. The van der Waals surface area contributed by atoms with Crippen molar-refractivity contribution in [2.75, 3.05) is 7.11 Å². The summed E-state index contributed by atoms with van der Waals surface area (Å²) in [7, 11) is 1.65. The number of hydrogen-bond donors (Lipinski definition) is 1. The van der Waals surface area contributed by atoms with Crippen LogP contribution in [0.3, 0.4) is 0 Å². The van der Waals surface area contributed by atoms with Crippen LogP contribution in [0.25, 0.3) is 0 Å². The number of aliphatic hydroxyl groups is 1. The van der Waals surface area contributed by atoms with Crippen molar-refractivity contribution in [3.8, 4) is 0 Å². The predicted octanol–water partition coefficient (Wildman–Crippen LogP) is 0.959. The van der Waals surface area contributed by atoms with Gasteiger partial charge < -0.3 is 24.1 Å². The molecule has 3 aliphatic rings. The van der Waals surface area contributed by atoms with Gasteiger partial charge in [-0.25, -0.2) is 0 Å². The van der Waals surface area contributed by atoms with E-state index in [2.05, 4.69) is 12.2 Å². The molecular weight excluding hydrogens is 236 g/mol. The molecule has 0 aromatic carbocycles. The van der Waals surface area contributed by atoms with Crippen LogP contribution in [0.4, 0.5) is 0 Å². The van der Waals surface area contributed by atoms with E-state index in [0.717, 1.165) is 12.8 Å². The molecule has 0 aromatic rings. The van der Waals surface area contributed by atoms with Crippen LogP contribution < -0.4 is 0 Å². The summed E-state index contributed by atoms with van der Waals surface area (Å²) in [6.07, 6.45) is 3.58. The van der Waals surface area contributed by atoms with Gasteiger partial charge in [-0.05, 0) is 26.7 Å². The van der Waals surface area contributed by atoms with Crippen molar-refractivity contribution in [1.82, 2.24) is 0 Å². The van der Waals surface area contributed by atoms with Gasteiger partial charge >= 0.3 is 0 Å². The Morgan fingerprint density at radius 2 is 1.72 bits per heavy atom. The number of ether oxygens (including phenoxy) is 4. The summed E-state index contributed by atoms with van der Waals surface area (Å²) in [5.74, 6) is -0.714. The molecule has 5 heteroatoms. The lowest BCUT2D eigenvalue weighted by Crippen LogP contribution is -2.63. The Labute approximate surface area is 107 Å². The van der Waals surface area contributed by atoms with E-state index in [-0.39, 0.29) is 12.2 Å². The van der Waals surface area contributed by atoms with Crippen LogP contribution in [0, 0.1) is 0 Å². The maximum Gasteiger partial charge on any atom is 0.184 e. The fraction of sp³-hybridized carbons (Fsp3) is 0.846. The predicted molar refractivity (Wildman–Crippen MR) is 62.8 cm³/mol. The SMILES string of the molecule is CO[C@@H]1[C@H]2OC(C)(C)O[C@H]2C(O)OC12CC=CC2. The molecule has 0 radical (unpaired) electrons. The van der Waals surface area contributed by atoms with Crippen LogP contribution in [-0.2, 0) is 18.9 Å². The van der Waals surface area contributed by atoms with Gasteiger partial charge in [0.1, 0.15) is 23.9 Å². The molecule has 1 spiro atoms. The first-order chi connectivity index (χ1) is 8.47. The molecule has 2 saturated heterocycles. The minimum absolute atomic E-state index is 0.234. The summed E-state index contributed by atoms with van der Waals surface area (Å²) in [4.78, 5) is 0. The first-order valence-corrected chi connectivity index (χ1v) is 6.37. The average Bonchev–Trinajstić information content (AvgIpc) is 2.84. The first-order valence-electron chi connectivity index (χ1n) is 6.37. The largest absolute Gasteiger partial charge is 0.376 e. The van der Waals surface area contributed by atoms with Gasteiger partial charge in [0.25, 0.3) is 0 Å². The van der Waals surface area contributed by atoms with Crippen molar-refractivity contribution in [2.45, 2.75) is 62.7 Å². The number of methoxy groups -OCH3 is 1. The standard InChI is InChI=1S/C13H20O5/c1-12(2)16-8-9(17-12)11(14)18-13(10(8)15-3)6-4-5-7-13/h4-5,8-11,14H,6-7H2,1-3H3/t8-,9+,10+,11?/m0/s1. The van der Waals surface area contributed by atoms with Crippen molar-refractivity contribution in [3.63, 3.8) is 0 Å². The zero-order chi connectivity index (χ0) is 13.0. The highest BCUT2D eigenvalue weighted by Gasteiger charge is 2.60. The summed E-state index contributed by atoms with van der Waals surface area (Å²) < 4.78 is 23.0. The van der Waals surface area contributed by atoms with E-state index in [1.54, 1.807) is 7.11 Å². The van der Waals surface area contributed by atoms with Gasteiger partial charge in [0, 0.05) is 7.11 Å². The lowest BCUT2D eigenvalue weighted by atomic mass is 9.84. The molecular formula is C13H20O5. The molecule has 1 aliphatic carbocycles. The van der Waals surface area contributed by atoms with Crippen LogP contribution in [0.5, 0.6) is 0 Å². The second kappa shape index (κ2) is 4.02. The van der Waals surface area contributed by atoms with Crippen LogP contribution in [0.15, 0.2) is 12.2 Å². The Morgan fingerprint density at radius 3 is 2.33 bits per heavy atom. The van der Waals surface area contributed by atoms with Crippen LogP contribution in [-0.4, -0.2) is 48.2 Å². The Bertz CT molecular complexity index is 356. The van der Waals surface area contributed by atoms with Crippen molar-refractivity contribution in [3.05, 3.63) is 12.2 Å². The number of hydrogen-bond acceptors (Lipinski definition) is 5. The normalized spacial score (nSPS) is 44.4. The fourth-order valence-electron chi connectivity index (χ4n) is 3.27. The Balaban J connectivity index is 1.91. The topological polar surface area (TPSA) is 57.2 Å². The summed E-state index contributed by atoms with van der Waals surface area (Å²) >= 11 is 0. The molecule has 3 rings (SSSR count). The molecule has 18 heavy (non-hydrogen) atoms. The van der Waals surface area contributed by atoms with Gasteiger partial charge in [-0.15, -0.1) is 0 Å². The molecule has 0 amide bonds. The number of aliphatic hydroxyl groups excluding tert-OH is 1. The molecule has 0 aromatic heterocycles. The van der Waals surface area contributed by atoms with Crippen LogP contribution in [0.2, 0.25) is 0 Å². The van der Waals surface area contributed by atoms with Gasteiger partial charge in [-0.2, -0.15) is 0 Å². The average molecular weight is 256 g/mol. The third kappa shape index (κ3) is 1.73. The third-order valence-electron chi connectivity index (χ3n) is 3.96. The maximum atomic E-state index is 10.1. The summed E-state index contributed by atoms with van der Waals surface area (Å²) in [6.45, 7) is 3.68. The monoisotopic (exact) mass is 256 g/mol. The maximum absolute atomic E-state index is 10.1. The van der Waals surface area contributed by atoms with Crippen molar-refractivity contribution in [1.29, 1.82) is 0 Å². The highest BCUT2D eigenvalue weighted by Crippen LogP contribution is 2.46. The second-order valence-corrected chi connectivity index (χ2v) is 5.67.